The van der Waals surface area contributed by atoms with Gasteiger partial charge in [0.05, 0.1) is 16.4 Å². The lowest BCUT2D eigenvalue weighted by molar-refractivity contribution is 0.102. The minimum atomic E-state index is -4.29. The van der Waals surface area contributed by atoms with Crippen molar-refractivity contribution in [2.45, 2.75) is 11.8 Å². The highest BCUT2D eigenvalue weighted by atomic mass is 35.5. The first-order valence-corrected chi connectivity index (χ1v) is 12.1. The van der Waals surface area contributed by atoms with E-state index < -0.39 is 21.5 Å². The molecule has 0 unspecified atom stereocenters. The van der Waals surface area contributed by atoms with E-state index in [1.807, 2.05) is 12.1 Å². The summed E-state index contributed by atoms with van der Waals surface area (Å²) in [4.78, 5) is 25.4. The zero-order chi connectivity index (χ0) is 24.5. The fraction of sp³-hybridized carbons (Fsp3) is 0.0833. The summed E-state index contributed by atoms with van der Waals surface area (Å²) in [5.41, 5.74) is 1.00. The lowest BCUT2D eigenvalue weighted by Gasteiger charge is -2.11. The Morgan fingerprint density at radius 3 is 2.21 bits per heavy atom. The Balaban J connectivity index is 1.69. The van der Waals surface area contributed by atoms with Gasteiger partial charge in [-0.05, 0) is 49.4 Å². The normalized spacial score (nSPS) is 11.3. The van der Waals surface area contributed by atoms with Gasteiger partial charge in [-0.2, -0.15) is 0 Å². The molecule has 0 atom stereocenters. The molecule has 174 valence electrons. The number of carbonyl (C=O) groups is 1. The molecule has 4 aromatic rings. The second kappa shape index (κ2) is 9.20. The van der Waals surface area contributed by atoms with E-state index in [-0.39, 0.29) is 21.2 Å². The van der Waals surface area contributed by atoms with Crippen LogP contribution in [0, 0.1) is 6.92 Å². The molecule has 1 amide bonds. The second-order valence-electron chi connectivity index (χ2n) is 7.51. The molecule has 0 fully saturated rings. The molecule has 0 radical (unpaired) electrons. The number of carbonyl (C=O) groups excluding carboxylic acids is 1. The molecule has 34 heavy (non-hydrogen) atoms. The van der Waals surface area contributed by atoms with Gasteiger partial charge >= 0.3 is 0 Å². The molecular formula is C24H21ClN4O4S. The number of benzene rings is 3. The van der Waals surface area contributed by atoms with Crippen LogP contribution in [0.25, 0.3) is 5.69 Å². The first kappa shape index (κ1) is 23.3. The number of aromatic nitrogens is 2. The minimum Gasteiger partial charge on any atom is -0.322 e. The first-order chi connectivity index (χ1) is 16.2. The van der Waals surface area contributed by atoms with Crippen LogP contribution in [0.5, 0.6) is 0 Å². The Morgan fingerprint density at radius 2 is 1.56 bits per heavy atom. The van der Waals surface area contributed by atoms with Crippen LogP contribution < -0.4 is 15.6 Å². The number of rotatable bonds is 6. The molecule has 0 saturated carbocycles. The highest BCUT2D eigenvalue weighted by Crippen LogP contribution is 2.26. The minimum absolute atomic E-state index is 0.0827. The van der Waals surface area contributed by atoms with Crippen molar-refractivity contribution in [2.24, 2.45) is 7.05 Å². The molecule has 0 spiro atoms. The van der Waals surface area contributed by atoms with Gasteiger partial charge in [-0.1, -0.05) is 48.0 Å². The maximum absolute atomic E-state index is 13.2. The number of nitrogens with zero attached hydrogens (tertiary/aromatic N) is 2. The van der Waals surface area contributed by atoms with E-state index in [9.17, 15) is 18.0 Å². The number of nitrogens with one attached hydrogen (secondary N) is 2. The van der Waals surface area contributed by atoms with E-state index in [0.29, 0.717) is 17.1 Å². The van der Waals surface area contributed by atoms with Gasteiger partial charge in [0.1, 0.15) is 10.6 Å². The van der Waals surface area contributed by atoms with Crippen molar-refractivity contribution in [1.82, 2.24) is 9.36 Å². The monoisotopic (exact) mass is 496 g/mol. The average molecular weight is 497 g/mol. The van der Waals surface area contributed by atoms with E-state index in [0.717, 1.165) is 0 Å². The van der Waals surface area contributed by atoms with Gasteiger partial charge in [0.15, 0.2) is 0 Å². The van der Waals surface area contributed by atoms with E-state index in [4.69, 9.17) is 11.6 Å². The van der Waals surface area contributed by atoms with Gasteiger partial charge in [-0.3, -0.25) is 19.0 Å². The fourth-order valence-electron chi connectivity index (χ4n) is 3.45. The number of amides is 1. The lowest BCUT2D eigenvalue weighted by atomic mass is 10.2. The van der Waals surface area contributed by atoms with Gasteiger partial charge < -0.3 is 5.32 Å². The summed E-state index contributed by atoms with van der Waals surface area (Å²) in [5, 5.41) is 2.62. The van der Waals surface area contributed by atoms with Crippen LogP contribution in [0.15, 0.2) is 88.6 Å². The summed E-state index contributed by atoms with van der Waals surface area (Å²) in [6.07, 6.45) is 0. The van der Waals surface area contributed by atoms with Crippen molar-refractivity contribution in [3.8, 4) is 5.69 Å². The molecule has 8 nitrogen and oxygen atoms in total. The molecule has 0 aliphatic rings. The van der Waals surface area contributed by atoms with Crippen LogP contribution in [0.4, 0.5) is 11.4 Å². The molecule has 0 bridgehead atoms. The summed E-state index contributed by atoms with van der Waals surface area (Å²) >= 11 is 6.18. The van der Waals surface area contributed by atoms with Crippen molar-refractivity contribution >= 4 is 38.9 Å². The molecule has 3 aromatic carbocycles. The van der Waals surface area contributed by atoms with Crippen LogP contribution >= 0.6 is 11.6 Å². The third-order valence-corrected chi connectivity index (χ3v) is 7.14. The number of sulfonamides is 1. The lowest BCUT2D eigenvalue weighted by Crippen LogP contribution is -2.23. The van der Waals surface area contributed by atoms with Crippen LogP contribution in [-0.4, -0.2) is 23.7 Å². The Bertz CT molecular complexity index is 1530. The quantitative estimate of drug-likeness (QED) is 0.418. The van der Waals surface area contributed by atoms with Gasteiger partial charge in [-0.15, -0.1) is 0 Å². The molecule has 0 saturated heterocycles. The molecule has 10 heteroatoms. The predicted octanol–water partition coefficient (Wildman–Crippen LogP) is 4.19. The predicted molar refractivity (Wildman–Crippen MR) is 132 cm³/mol. The number of anilines is 2. The Labute approximate surface area is 201 Å². The van der Waals surface area contributed by atoms with Crippen molar-refractivity contribution in [1.29, 1.82) is 0 Å². The molecular weight excluding hydrogens is 476 g/mol. The topological polar surface area (TPSA) is 102 Å². The summed E-state index contributed by atoms with van der Waals surface area (Å²) < 4.78 is 31.7. The van der Waals surface area contributed by atoms with Crippen LogP contribution in [0.2, 0.25) is 5.02 Å². The van der Waals surface area contributed by atoms with Gasteiger partial charge in [0.25, 0.3) is 21.5 Å². The molecule has 1 heterocycles. The highest BCUT2D eigenvalue weighted by Gasteiger charge is 2.25. The molecule has 1 aromatic heterocycles. The zero-order valence-corrected chi connectivity index (χ0v) is 19.9. The third kappa shape index (κ3) is 4.48. The summed E-state index contributed by atoms with van der Waals surface area (Å²) in [7, 11) is -2.64. The van der Waals surface area contributed by atoms with E-state index >= 15 is 0 Å². The second-order valence-corrected chi connectivity index (χ2v) is 9.57. The zero-order valence-electron chi connectivity index (χ0n) is 18.3. The van der Waals surface area contributed by atoms with Gasteiger partial charge in [-0.25, -0.2) is 13.1 Å². The Morgan fingerprint density at radius 1 is 0.941 bits per heavy atom. The smallest absolute Gasteiger partial charge is 0.296 e. The number of hydrogen-bond donors (Lipinski definition) is 2. The number of para-hydroxylation sites is 2. The van der Waals surface area contributed by atoms with E-state index in [1.54, 1.807) is 67.2 Å². The first-order valence-electron chi connectivity index (χ1n) is 10.2. The van der Waals surface area contributed by atoms with Crippen molar-refractivity contribution < 1.29 is 13.2 Å². The molecule has 2 N–H and O–H groups in total. The number of halogens is 1. The van der Waals surface area contributed by atoms with Crippen LogP contribution in [-0.2, 0) is 17.1 Å². The van der Waals surface area contributed by atoms with Crippen molar-refractivity contribution in [3.63, 3.8) is 0 Å². The van der Waals surface area contributed by atoms with Gasteiger partial charge in [0, 0.05) is 18.3 Å². The van der Waals surface area contributed by atoms with E-state index in [2.05, 4.69) is 10.0 Å². The maximum atomic E-state index is 13.2. The standard InChI is InChI=1S/C24H21ClN4O4S/c1-16-22(24(31)29(28(16)2)19-11-7-4-8-12-19)27-34(32,33)21-15-17(13-14-20(21)25)23(30)26-18-9-5-3-6-10-18/h3-15,27H,1-2H3,(H,26,30). The SMILES string of the molecule is Cc1c(NS(=O)(=O)c2cc(C(=O)Nc3ccccc3)ccc2Cl)c(=O)n(-c2ccccc2)n1C. The van der Waals surface area contributed by atoms with Gasteiger partial charge in [0.2, 0.25) is 0 Å². The van der Waals surface area contributed by atoms with E-state index in [1.165, 1.54) is 22.9 Å². The molecule has 4 rings (SSSR count). The number of hydrogen-bond acceptors (Lipinski definition) is 4. The van der Waals surface area contributed by atoms with Crippen LogP contribution in [0.3, 0.4) is 0 Å². The maximum Gasteiger partial charge on any atom is 0.296 e. The van der Waals surface area contributed by atoms with Crippen molar-refractivity contribution in [3.05, 3.63) is 105 Å². The van der Waals surface area contributed by atoms with Crippen LogP contribution in [0.1, 0.15) is 16.1 Å². The summed E-state index contributed by atoms with van der Waals surface area (Å²) in [6.45, 7) is 1.63. The Kier molecular flexibility index (Phi) is 6.32. The molecule has 0 aliphatic heterocycles. The summed E-state index contributed by atoms with van der Waals surface area (Å²) in [5.74, 6) is -0.498. The molecule has 0 aliphatic carbocycles. The fourth-order valence-corrected chi connectivity index (χ4v) is 5.09. The largest absolute Gasteiger partial charge is 0.322 e. The highest BCUT2D eigenvalue weighted by molar-refractivity contribution is 7.92. The van der Waals surface area contributed by atoms with Crippen molar-refractivity contribution in [2.75, 3.05) is 10.0 Å². The Hall–Kier alpha value is -3.82. The average Bonchev–Trinajstić information content (AvgIpc) is 3.03. The third-order valence-electron chi connectivity index (χ3n) is 5.31. The summed E-state index contributed by atoms with van der Waals surface area (Å²) in [6, 6.07) is 21.6.